The first-order chi connectivity index (χ1) is 13.9. The molecular formula is C26H29NO2. The van der Waals surface area contributed by atoms with Crippen molar-refractivity contribution in [3.8, 4) is 5.75 Å². The van der Waals surface area contributed by atoms with Crippen molar-refractivity contribution in [2.24, 2.45) is 0 Å². The lowest BCUT2D eigenvalue weighted by atomic mass is 9.87. The Bertz CT molecular complexity index is 940. The molecule has 150 valence electrons. The van der Waals surface area contributed by atoms with Gasteiger partial charge in [0.1, 0.15) is 5.75 Å². The van der Waals surface area contributed by atoms with Gasteiger partial charge in [0.05, 0.1) is 7.11 Å². The average molecular weight is 388 g/mol. The average Bonchev–Trinajstić information content (AvgIpc) is 2.73. The number of benzene rings is 3. The van der Waals surface area contributed by atoms with Crippen LogP contribution in [0.25, 0.3) is 0 Å². The smallest absolute Gasteiger partial charge is 0.254 e. The molecule has 3 rings (SSSR count). The van der Waals surface area contributed by atoms with Crippen molar-refractivity contribution in [3.05, 3.63) is 101 Å². The highest BCUT2D eigenvalue weighted by Crippen LogP contribution is 2.23. The van der Waals surface area contributed by atoms with Gasteiger partial charge in [0.25, 0.3) is 5.91 Å². The van der Waals surface area contributed by atoms with E-state index in [4.69, 9.17) is 4.74 Å². The molecule has 0 radical (unpaired) electrons. The molecule has 0 saturated carbocycles. The van der Waals surface area contributed by atoms with Crippen LogP contribution < -0.4 is 4.74 Å². The molecule has 0 aliphatic heterocycles. The molecule has 0 saturated heterocycles. The Hall–Kier alpha value is -3.07. The van der Waals surface area contributed by atoms with Crippen molar-refractivity contribution < 1.29 is 9.53 Å². The summed E-state index contributed by atoms with van der Waals surface area (Å²) in [6.45, 7) is 7.72. The normalized spacial score (nSPS) is 11.2. The summed E-state index contributed by atoms with van der Waals surface area (Å²) in [5.74, 6) is 0.678. The van der Waals surface area contributed by atoms with Crippen molar-refractivity contribution in [1.29, 1.82) is 0 Å². The molecule has 3 aromatic carbocycles. The quantitative estimate of drug-likeness (QED) is 0.532. The molecule has 0 aliphatic rings. The Morgan fingerprint density at radius 1 is 0.828 bits per heavy atom. The highest BCUT2D eigenvalue weighted by atomic mass is 16.5. The maximum absolute atomic E-state index is 13.3. The third-order valence-corrected chi connectivity index (χ3v) is 5.01. The van der Waals surface area contributed by atoms with Crippen LogP contribution in [0.15, 0.2) is 78.9 Å². The lowest BCUT2D eigenvalue weighted by Crippen LogP contribution is -2.30. The van der Waals surface area contributed by atoms with E-state index in [2.05, 4.69) is 57.2 Å². The van der Waals surface area contributed by atoms with Crippen LogP contribution in [0.1, 0.15) is 47.8 Å². The highest BCUT2D eigenvalue weighted by molar-refractivity contribution is 5.94. The summed E-state index contributed by atoms with van der Waals surface area (Å²) >= 11 is 0. The second-order valence-corrected chi connectivity index (χ2v) is 8.33. The van der Waals surface area contributed by atoms with Crippen LogP contribution in [0.3, 0.4) is 0 Å². The highest BCUT2D eigenvalue weighted by Gasteiger charge is 2.18. The zero-order valence-corrected chi connectivity index (χ0v) is 17.7. The number of nitrogens with zero attached hydrogens (tertiary/aromatic N) is 1. The van der Waals surface area contributed by atoms with Gasteiger partial charge < -0.3 is 9.64 Å². The molecule has 0 N–H and O–H groups in total. The minimum absolute atomic E-state index is 0.00680. The summed E-state index contributed by atoms with van der Waals surface area (Å²) in [6.07, 6.45) is 0. The van der Waals surface area contributed by atoms with Crippen LogP contribution in [0.5, 0.6) is 5.75 Å². The Balaban J connectivity index is 1.87. The molecule has 29 heavy (non-hydrogen) atoms. The number of amides is 1. The summed E-state index contributed by atoms with van der Waals surface area (Å²) in [4.78, 5) is 15.2. The number of hydrogen-bond donors (Lipinski definition) is 0. The number of hydrogen-bond acceptors (Lipinski definition) is 2. The van der Waals surface area contributed by atoms with Crippen molar-refractivity contribution in [1.82, 2.24) is 4.90 Å². The molecule has 0 bridgehead atoms. The molecule has 3 heteroatoms. The summed E-state index contributed by atoms with van der Waals surface area (Å²) in [5, 5.41) is 0. The van der Waals surface area contributed by atoms with Gasteiger partial charge >= 0.3 is 0 Å². The van der Waals surface area contributed by atoms with Crippen LogP contribution in [0.2, 0.25) is 0 Å². The van der Waals surface area contributed by atoms with E-state index >= 15 is 0 Å². The van der Waals surface area contributed by atoms with Crippen molar-refractivity contribution in [2.75, 3.05) is 7.11 Å². The van der Waals surface area contributed by atoms with E-state index in [1.807, 2.05) is 41.3 Å². The fraction of sp³-hybridized carbons (Fsp3) is 0.269. The van der Waals surface area contributed by atoms with Gasteiger partial charge in [-0.05, 0) is 40.3 Å². The molecule has 0 atom stereocenters. The first kappa shape index (κ1) is 20.7. The first-order valence-electron chi connectivity index (χ1n) is 9.93. The summed E-state index contributed by atoms with van der Waals surface area (Å²) < 4.78 is 5.30. The number of methoxy groups -OCH3 is 1. The standard InChI is InChI=1S/C26H29NO2/c1-26(2,3)23-15-13-21(14-16-23)19-27(18-20-9-6-5-7-10-20)25(28)22-11-8-12-24(17-22)29-4/h5-17H,18-19H2,1-4H3. The van der Waals surface area contributed by atoms with Crippen molar-refractivity contribution in [2.45, 2.75) is 39.3 Å². The molecule has 0 unspecified atom stereocenters. The van der Waals surface area contributed by atoms with Gasteiger partial charge in [0.2, 0.25) is 0 Å². The second kappa shape index (κ2) is 8.95. The van der Waals surface area contributed by atoms with Crippen LogP contribution in [0.4, 0.5) is 0 Å². The van der Waals surface area contributed by atoms with Gasteiger partial charge in [-0.3, -0.25) is 4.79 Å². The number of ether oxygens (including phenoxy) is 1. The number of rotatable bonds is 6. The molecular weight excluding hydrogens is 358 g/mol. The maximum Gasteiger partial charge on any atom is 0.254 e. The predicted molar refractivity (Wildman–Crippen MR) is 118 cm³/mol. The molecule has 0 aromatic heterocycles. The second-order valence-electron chi connectivity index (χ2n) is 8.33. The molecule has 0 fully saturated rings. The van der Waals surface area contributed by atoms with Crippen LogP contribution >= 0.6 is 0 Å². The fourth-order valence-electron chi connectivity index (χ4n) is 3.27. The van der Waals surface area contributed by atoms with E-state index in [0.717, 1.165) is 11.1 Å². The molecule has 0 heterocycles. The molecule has 3 aromatic rings. The monoisotopic (exact) mass is 387 g/mol. The first-order valence-corrected chi connectivity index (χ1v) is 9.93. The summed E-state index contributed by atoms with van der Waals surface area (Å²) in [5.41, 5.74) is 4.25. The molecule has 3 nitrogen and oxygen atoms in total. The van der Waals surface area contributed by atoms with E-state index < -0.39 is 0 Å². The molecule has 0 aliphatic carbocycles. The van der Waals surface area contributed by atoms with E-state index in [0.29, 0.717) is 24.4 Å². The van der Waals surface area contributed by atoms with Crippen LogP contribution in [-0.4, -0.2) is 17.9 Å². The van der Waals surface area contributed by atoms with E-state index in [1.54, 1.807) is 13.2 Å². The van der Waals surface area contributed by atoms with Crippen molar-refractivity contribution in [3.63, 3.8) is 0 Å². The van der Waals surface area contributed by atoms with Gasteiger partial charge in [-0.2, -0.15) is 0 Å². The maximum atomic E-state index is 13.3. The van der Waals surface area contributed by atoms with E-state index in [9.17, 15) is 4.79 Å². The zero-order chi connectivity index (χ0) is 20.9. The Morgan fingerprint density at radius 3 is 2.03 bits per heavy atom. The van der Waals surface area contributed by atoms with Gasteiger partial charge in [0, 0.05) is 18.7 Å². The van der Waals surface area contributed by atoms with Crippen molar-refractivity contribution >= 4 is 5.91 Å². The minimum Gasteiger partial charge on any atom is -0.497 e. The SMILES string of the molecule is COc1cccc(C(=O)N(Cc2ccccc2)Cc2ccc(C(C)(C)C)cc2)c1. The van der Waals surface area contributed by atoms with Crippen LogP contribution in [0, 0.1) is 0 Å². The third kappa shape index (κ3) is 5.47. The minimum atomic E-state index is -0.00680. The topological polar surface area (TPSA) is 29.5 Å². The molecule has 0 spiro atoms. The third-order valence-electron chi connectivity index (χ3n) is 5.01. The Labute approximate surface area is 174 Å². The van der Waals surface area contributed by atoms with Gasteiger partial charge in [-0.15, -0.1) is 0 Å². The lowest BCUT2D eigenvalue weighted by molar-refractivity contribution is 0.0729. The Kier molecular flexibility index (Phi) is 6.38. The summed E-state index contributed by atoms with van der Waals surface area (Å²) in [6, 6.07) is 26.0. The van der Waals surface area contributed by atoms with Gasteiger partial charge in [0.15, 0.2) is 0 Å². The van der Waals surface area contributed by atoms with E-state index in [-0.39, 0.29) is 11.3 Å². The fourth-order valence-corrected chi connectivity index (χ4v) is 3.27. The largest absolute Gasteiger partial charge is 0.497 e. The van der Waals surface area contributed by atoms with Crippen LogP contribution in [-0.2, 0) is 18.5 Å². The number of carbonyl (C=O) groups excluding carboxylic acids is 1. The van der Waals surface area contributed by atoms with Gasteiger partial charge in [-0.25, -0.2) is 0 Å². The van der Waals surface area contributed by atoms with E-state index in [1.165, 1.54) is 5.56 Å². The Morgan fingerprint density at radius 2 is 1.45 bits per heavy atom. The number of carbonyl (C=O) groups is 1. The summed E-state index contributed by atoms with van der Waals surface area (Å²) in [7, 11) is 1.61. The van der Waals surface area contributed by atoms with Gasteiger partial charge in [-0.1, -0.05) is 81.4 Å². The molecule has 1 amide bonds. The predicted octanol–water partition coefficient (Wildman–Crippen LogP) is 5.84. The zero-order valence-electron chi connectivity index (χ0n) is 17.7. The lowest BCUT2D eigenvalue weighted by Gasteiger charge is -2.24.